The number of amides is 1. The van der Waals surface area contributed by atoms with Crippen LogP contribution in [0, 0.1) is 17.2 Å². The van der Waals surface area contributed by atoms with Crippen molar-refractivity contribution in [2.75, 3.05) is 11.9 Å². The lowest BCUT2D eigenvalue weighted by atomic mass is 10.1. The summed E-state index contributed by atoms with van der Waals surface area (Å²) in [5.74, 6) is -1.89. The molecule has 8 nitrogen and oxygen atoms in total. The van der Waals surface area contributed by atoms with Crippen LogP contribution in [0.1, 0.15) is 19.4 Å². The highest BCUT2D eigenvalue weighted by molar-refractivity contribution is 7.89. The third kappa shape index (κ3) is 5.63. The maximum Gasteiger partial charge on any atom is 0.324 e. The second-order valence-corrected chi connectivity index (χ2v) is 8.72. The SMILES string of the molecule is CC(C)[C@H](NS(=O)(=O)c1ccccc1)C(=O)OCC(=O)Nc1sccc1C#N. The highest BCUT2D eigenvalue weighted by Gasteiger charge is 2.30. The van der Waals surface area contributed by atoms with E-state index in [1.165, 1.54) is 23.5 Å². The minimum Gasteiger partial charge on any atom is -0.454 e. The number of hydrogen-bond acceptors (Lipinski definition) is 7. The maximum atomic E-state index is 12.4. The Morgan fingerprint density at radius 2 is 1.89 bits per heavy atom. The third-order valence-corrected chi connectivity index (χ3v) is 5.93. The third-order valence-electron chi connectivity index (χ3n) is 3.64. The largest absolute Gasteiger partial charge is 0.454 e. The zero-order chi connectivity index (χ0) is 20.7. The standard InChI is InChI=1S/C18H19N3O5S2/c1-12(2)16(21-28(24,25)14-6-4-3-5-7-14)18(23)26-11-15(22)20-17-13(10-19)8-9-27-17/h3-9,12,16,21H,11H2,1-2H3,(H,20,22)/t16-/m0/s1. The summed E-state index contributed by atoms with van der Waals surface area (Å²) >= 11 is 1.17. The molecule has 1 atom stereocenters. The first kappa shape index (κ1) is 21.6. The quantitative estimate of drug-likeness (QED) is 0.629. The average Bonchev–Trinajstić information content (AvgIpc) is 3.11. The number of thiophene rings is 1. The van der Waals surface area contributed by atoms with E-state index in [0.717, 1.165) is 0 Å². The fourth-order valence-corrected chi connectivity index (χ4v) is 4.28. The summed E-state index contributed by atoms with van der Waals surface area (Å²) in [4.78, 5) is 24.3. The molecule has 0 radical (unpaired) electrons. The van der Waals surface area contributed by atoms with E-state index in [1.54, 1.807) is 43.5 Å². The van der Waals surface area contributed by atoms with Gasteiger partial charge in [-0.3, -0.25) is 9.59 Å². The van der Waals surface area contributed by atoms with Crippen LogP contribution in [0.25, 0.3) is 0 Å². The predicted octanol–water partition coefficient (Wildman–Crippen LogP) is 2.10. The van der Waals surface area contributed by atoms with Gasteiger partial charge < -0.3 is 10.1 Å². The highest BCUT2D eigenvalue weighted by atomic mass is 32.2. The van der Waals surface area contributed by atoms with Crippen LogP contribution in [0.4, 0.5) is 5.00 Å². The van der Waals surface area contributed by atoms with Gasteiger partial charge in [-0.2, -0.15) is 9.98 Å². The molecule has 2 aromatic rings. The molecule has 0 bridgehead atoms. The van der Waals surface area contributed by atoms with Gasteiger partial charge in [0.05, 0.1) is 10.5 Å². The van der Waals surface area contributed by atoms with Crippen molar-refractivity contribution in [3.05, 3.63) is 47.3 Å². The molecule has 2 rings (SSSR count). The Morgan fingerprint density at radius 3 is 2.50 bits per heavy atom. The van der Waals surface area contributed by atoms with E-state index in [0.29, 0.717) is 10.6 Å². The van der Waals surface area contributed by atoms with E-state index >= 15 is 0 Å². The number of carbonyl (C=O) groups is 2. The molecule has 1 heterocycles. The summed E-state index contributed by atoms with van der Waals surface area (Å²) < 4.78 is 32.2. The van der Waals surface area contributed by atoms with Crippen LogP contribution in [-0.4, -0.2) is 32.9 Å². The monoisotopic (exact) mass is 421 g/mol. The molecule has 0 spiro atoms. The number of rotatable bonds is 8. The first-order chi connectivity index (χ1) is 13.2. The molecule has 2 N–H and O–H groups in total. The van der Waals surface area contributed by atoms with Crippen LogP contribution in [0.5, 0.6) is 0 Å². The molecule has 1 aromatic carbocycles. The average molecular weight is 422 g/mol. The Balaban J connectivity index is 1.99. The number of sulfonamides is 1. The zero-order valence-electron chi connectivity index (χ0n) is 15.2. The smallest absolute Gasteiger partial charge is 0.324 e. The normalized spacial score (nSPS) is 12.2. The van der Waals surface area contributed by atoms with Crippen LogP contribution in [-0.2, 0) is 24.3 Å². The van der Waals surface area contributed by atoms with Gasteiger partial charge in [0.1, 0.15) is 17.1 Å². The van der Waals surface area contributed by atoms with Gasteiger partial charge >= 0.3 is 5.97 Å². The number of carbonyl (C=O) groups excluding carboxylic acids is 2. The van der Waals surface area contributed by atoms with Gasteiger partial charge in [-0.15, -0.1) is 11.3 Å². The van der Waals surface area contributed by atoms with Crippen molar-refractivity contribution < 1.29 is 22.7 Å². The maximum absolute atomic E-state index is 12.4. The van der Waals surface area contributed by atoms with Crippen molar-refractivity contribution in [1.82, 2.24) is 4.72 Å². The van der Waals surface area contributed by atoms with Crippen molar-refractivity contribution in [3.63, 3.8) is 0 Å². The lowest BCUT2D eigenvalue weighted by Gasteiger charge is -2.20. The molecule has 10 heteroatoms. The fraction of sp³-hybridized carbons (Fsp3) is 0.278. The molecule has 0 aliphatic rings. The van der Waals surface area contributed by atoms with Crippen molar-refractivity contribution in [2.45, 2.75) is 24.8 Å². The van der Waals surface area contributed by atoms with Gasteiger partial charge in [0, 0.05) is 0 Å². The number of nitrogens with one attached hydrogen (secondary N) is 2. The zero-order valence-corrected chi connectivity index (χ0v) is 16.8. The van der Waals surface area contributed by atoms with Gasteiger partial charge in [-0.25, -0.2) is 8.42 Å². The summed E-state index contributed by atoms with van der Waals surface area (Å²) in [6, 6.07) is 9.97. The van der Waals surface area contributed by atoms with E-state index in [1.807, 2.05) is 6.07 Å². The van der Waals surface area contributed by atoms with Crippen molar-refractivity contribution >= 4 is 38.2 Å². The van der Waals surface area contributed by atoms with E-state index < -0.39 is 40.5 Å². The van der Waals surface area contributed by atoms with Crippen molar-refractivity contribution in [3.8, 4) is 6.07 Å². The van der Waals surface area contributed by atoms with E-state index in [-0.39, 0.29) is 4.90 Å². The molecule has 1 amide bonds. The Kier molecular flexibility index (Phi) is 7.28. The van der Waals surface area contributed by atoms with Gasteiger partial charge in [-0.05, 0) is 29.5 Å². The second kappa shape index (κ2) is 9.45. The summed E-state index contributed by atoms with van der Waals surface area (Å²) in [6.07, 6.45) is 0. The molecule has 0 unspecified atom stereocenters. The van der Waals surface area contributed by atoms with Gasteiger partial charge in [-0.1, -0.05) is 32.0 Å². The number of ether oxygens (including phenoxy) is 1. The second-order valence-electron chi connectivity index (χ2n) is 6.09. The summed E-state index contributed by atoms with van der Waals surface area (Å²) in [5.41, 5.74) is 0.306. The predicted molar refractivity (Wildman–Crippen MR) is 104 cm³/mol. The number of hydrogen-bond donors (Lipinski definition) is 2. The molecular formula is C18H19N3O5S2. The summed E-state index contributed by atoms with van der Waals surface area (Å²) in [6.45, 7) is 2.71. The molecule has 0 aliphatic heterocycles. The minimum absolute atomic E-state index is 0.0212. The molecule has 148 valence electrons. The molecule has 0 saturated carbocycles. The molecular weight excluding hydrogens is 402 g/mol. The van der Waals surface area contributed by atoms with Crippen LogP contribution < -0.4 is 10.0 Å². The van der Waals surface area contributed by atoms with E-state index in [4.69, 9.17) is 10.00 Å². The molecule has 0 fully saturated rings. The summed E-state index contributed by atoms with van der Waals surface area (Å²) in [5, 5.41) is 13.4. The molecule has 28 heavy (non-hydrogen) atoms. The molecule has 1 aromatic heterocycles. The van der Waals surface area contributed by atoms with Crippen molar-refractivity contribution in [1.29, 1.82) is 5.26 Å². The van der Waals surface area contributed by atoms with Gasteiger partial charge in [0.2, 0.25) is 10.0 Å². The van der Waals surface area contributed by atoms with Crippen LogP contribution in [0.2, 0.25) is 0 Å². The molecule has 0 aliphatic carbocycles. The first-order valence-electron chi connectivity index (χ1n) is 8.26. The van der Waals surface area contributed by atoms with Crippen LogP contribution in [0.15, 0.2) is 46.7 Å². The lowest BCUT2D eigenvalue weighted by molar-refractivity contribution is -0.150. The number of nitrogens with zero attached hydrogens (tertiary/aromatic N) is 1. The van der Waals surface area contributed by atoms with E-state index in [9.17, 15) is 18.0 Å². The summed E-state index contributed by atoms with van der Waals surface area (Å²) in [7, 11) is -3.92. The fourth-order valence-electron chi connectivity index (χ4n) is 2.17. The Hall–Kier alpha value is -2.74. The minimum atomic E-state index is -3.92. The number of nitriles is 1. The van der Waals surface area contributed by atoms with Gasteiger partial charge in [0.25, 0.3) is 5.91 Å². The number of esters is 1. The topological polar surface area (TPSA) is 125 Å². The Bertz CT molecular complexity index is 978. The number of benzene rings is 1. The van der Waals surface area contributed by atoms with Crippen LogP contribution in [0.3, 0.4) is 0 Å². The Morgan fingerprint density at radius 1 is 1.21 bits per heavy atom. The van der Waals surface area contributed by atoms with Crippen molar-refractivity contribution in [2.24, 2.45) is 5.92 Å². The van der Waals surface area contributed by atoms with E-state index in [2.05, 4.69) is 10.0 Å². The number of anilines is 1. The van der Waals surface area contributed by atoms with Gasteiger partial charge in [0.15, 0.2) is 6.61 Å². The van der Waals surface area contributed by atoms with Crippen LogP contribution >= 0.6 is 11.3 Å². The Labute approximate surface area is 167 Å². The molecule has 0 saturated heterocycles. The first-order valence-corrected chi connectivity index (χ1v) is 10.6. The lowest BCUT2D eigenvalue weighted by Crippen LogP contribution is -2.45. The highest BCUT2D eigenvalue weighted by Crippen LogP contribution is 2.22.